The molecule has 4 N–H and O–H groups in total. The molecule has 2 aromatic rings. The van der Waals surface area contributed by atoms with Crippen molar-refractivity contribution in [1.82, 2.24) is 30.7 Å². The van der Waals surface area contributed by atoms with E-state index in [1.807, 2.05) is 5.32 Å². The number of methoxy groups -OCH3 is 1. The third-order valence-corrected chi connectivity index (χ3v) is 9.34. The number of benzene rings is 1. The molecule has 1 fully saturated rings. The monoisotopic (exact) mass is 781 g/mol. The summed E-state index contributed by atoms with van der Waals surface area (Å²) in [5.41, 5.74) is -0.378. The molecule has 56 heavy (non-hydrogen) atoms. The van der Waals surface area contributed by atoms with E-state index in [4.69, 9.17) is 19.6 Å². The van der Waals surface area contributed by atoms with Crippen molar-refractivity contribution in [2.45, 2.75) is 50.9 Å². The number of hydrogen-bond acceptors (Lipinski definition) is 12. The maximum absolute atomic E-state index is 13.1. The quantitative estimate of drug-likeness (QED) is 0.105. The first-order chi connectivity index (χ1) is 26.8. The highest BCUT2D eigenvalue weighted by Gasteiger charge is 2.39. The van der Waals surface area contributed by atoms with Gasteiger partial charge >= 0.3 is 6.18 Å². The number of nitrogens with zero attached hydrogens (tertiary/aromatic N) is 3. The van der Waals surface area contributed by atoms with Gasteiger partial charge in [-0.25, -0.2) is 4.98 Å². The Kier molecular flexibility index (Phi) is 13.7. The van der Waals surface area contributed by atoms with Crippen LogP contribution in [0.1, 0.15) is 69.5 Å². The number of amides is 5. The summed E-state index contributed by atoms with van der Waals surface area (Å²) in [6.45, 7) is 4.98. The zero-order valence-corrected chi connectivity index (χ0v) is 30.7. The number of ether oxygens (including phenoxy) is 3. The van der Waals surface area contributed by atoms with E-state index in [1.165, 1.54) is 31.4 Å². The molecule has 1 aromatic carbocycles. The van der Waals surface area contributed by atoms with Gasteiger partial charge in [-0.05, 0) is 62.6 Å². The van der Waals surface area contributed by atoms with Crippen LogP contribution in [0.3, 0.4) is 0 Å². The fraction of sp³-hybridized carbons (Fsp3) is 0.395. The first-order valence-electron chi connectivity index (χ1n) is 17.9. The Balaban J connectivity index is 1.01. The van der Waals surface area contributed by atoms with E-state index in [9.17, 15) is 37.1 Å². The van der Waals surface area contributed by atoms with Crippen LogP contribution in [-0.4, -0.2) is 109 Å². The fourth-order valence-corrected chi connectivity index (χ4v) is 6.27. The normalized spacial score (nSPS) is 17.6. The number of nitrogens with one attached hydrogen (secondary N) is 4. The summed E-state index contributed by atoms with van der Waals surface area (Å²) in [5.74, 6) is -1.68. The fourth-order valence-electron chi connectivity index (χ4n) is 6.27. The number of imide groups is 2. The molecule has 5 rings (SSSR count). The molecule has 1 atom stereocenters. The molecule has 0 bridgehead atoms. The SMILES string of the molecule is COC1=CC(=N)/C(=C\NC2CCN(CCOCCOc3ccc4c(c3)C(=O)N(C(C)CCC(=O)NC=O)C4=O)CC2)C=C1NC(=O)c1cccc(C(F)(F)F)n1. The van der Waals surface area contributed by atoms with E-state index >= 15 is 0 Å². The average Bonchev–Trinajstić information content (AvgIpc) is 3.43. The molecule has 18 heteroatoms. The van der Waals surface area contributed by atoms with E-state index in [-0.39, 0.29) is 60.2 Å². The minimum Gasteiger partial charge on any atom is -0.494 e. The van der Waals surface area contributed by atoms with E-state index in [2.05, 4.69) is 20.5 Å². The van der Waals surface area contributed by atoms with Crippen LogP contribution in [0.25, 0.3) is 0 Å². The molecule has 0 radical (unpaired) electrons. The summed E-state index contributed by atoms with van der Waals surface area (Å²) >= 11 is 0. The third kappa shape index (κ3) is 10.4. The zero-order chi connectivity index (χ0) is 40.4. The van der Waals surface area contributed by atoms with Crippen molar-refractivity contribution < 1.29 is 51.4 Å². The number of fused-ring (bicyclic) bond motifs is 1. The van der Waals surface area contributed by atoms with Crippen LogP contribution in [-0.2, 0) is 25.2 Å². The maximum atomic E-state index is 13.1. The van der Waals surface area contributed by atoms with Gasteiger partial charge in [0, 0.05) is 56.0 Å². The van der Waals surface area contributed by atoms with Gasteiger partial charge in [-0.15, -0.1) is 0 Å². The smallest absolute Gasteiger partial charge is 0.433 e. The minimum atomic E-state index is -4.70. The number of pyridine rings is 1. The van der Waals surface area contributed by atoms with Gasteiger partial charge in [-0.2, -0.15) is 13.2 Å². The minimum absolute atomic E-state index is 0.0122. The Morgan fingerprint density at radius 1 is 1.05 bits per heavy atom. The molecule has 1 saturated heterocycles. The number of hydrogen-bond donors (Lipinski definition) is 4. The van der Waals surface area contributed by atoms with Crippen LogP contribution in [0.4, 0.5) is 13.2 Å². The lowest BCUT2D eigenvalue weighted by Crippen LogP contribution is -2.42. The average molecular weight is 782 g/mol. The first kappa shape index (κ1) is 41.3. The number of likely N-dealkylation sites (tertiary alicyclic amines) is 1. The van der Waals surface area contributed by atoms with E-state index in [0.29, 0.717) is 31.1 Å². The Bertz CT molecular complexity index is 1940. The second kappa shape index (κ2) is 18.6. The molecule has 5 amide bonds. The molecule has 0 spiro atoms. The van der Waals surface area contributed by atoms with E-state index in [1.54, 1.807) is 25.3 Å². The predicted molar refractivity (Wildman–Crippen MR) is 194 cm³/mol. The summed E-state index contributed by atoms with van der Waals surface area (Å²) in [7, 11) is 1.36. The van der Waals surface area contributed by atoms with Gasteiger partial charge in [0.2, 0.25) is 12.3 Å². The van der Waals surface area contributed by atoms with Crippen molar-refractivity contribution in [3.05, 3.63) is 94.3 Å². The van der Waals surface area contributed by atoms with Gasteiger partial charge in [0.15, 0.2) is 0 Å². The summed E-state index contributed by atoms with van der Waals surface area (Å²) in [4.78, 5) is 67.5. The third-order valence-electron chi connectivity index (χ3n) is 9.34. The van der Waals surface area contributed by atoms with Gasteiger partial charge in [-0.3, -0.25) is 34.2 Å². The van der Waals surface area contributed by atoms with Crippen LogP contribution in [0.2, 0.25) is 0 Å². The Morgan fingerprint density at radius 3 is 2.52 bits per heavy atom. The highest BCUT2D eigenvalue weighted by molar-refractivity contribution is 6.21. The topological polar surface area (TPSA) is 192 Å². The number of rotatable bonds is 17. The summed E-state index contributed by atoms with van der Waals surface area (Å²) in [6.07, 6.45) is 2.02. The van der Waals surface area contributed by atoms with Crippen LogP contribution < -0.4 is 20.7 Å². The molecule has 2 aliphatic heterocycles. The highest BCUT2D eigenvalue weighted by Crippen LogP contribution is 2.30. The van der Waals surface area contributed by atoms with Crippen LogP contribution in [0.5, 0.6) is 5.75 Å². The number of halogens is 3. The maximum Gasteiger partial charge on any atom is 0.433 e. The number of carbonyl (C=O) groups excluding carboxylic acids is 5. The molecular weight excluding hydrogens is 739 g/mol. The second-order valence-corrected chi connectivity index (χ2v) is 13.1. The predicted octanol–water partition coefficient (Wildman–Crippen LogP) is 3.35. The summed E-state index contributed by atoms with van der Waals surface area (Å²) in [6, 6.07) is 7.31. The van der Waals surface area contributed by atoms with Gasteiger partial charge < -0.3 is 35.2 Å². The summed E-state index contributed by atoms with van der Waals surface area (Å²) in [5, 5.41) is 16.3. The number of allylic oxidation sites excluding steroid dienone is 3. The van der Waals surface area contributed by atoms with Crippen molar-refractivity contribution in [2.75, 3.05) is 46.6 Å². The molecule has 1 unspecified atom stereocenters. The second-order valence-electron chi connectivity index (χ2n) is 13.1. The van der Waals surface area contributed by atoms with Crippen molar-refractivity contribution >= 4 is 35.8 Å². The van der Waals surface area contributed by atoms with Crippen LogP contribution in [0.15, 0.2) is 71.8 Å². The molecule has 1 aromatic heterocycles. The standard InChI is InChI=1S/C38H42F3N7O8/c1-23(6-9-34(50)44-22-49)48-36(52)27-8-7-26(19-28(27)37(48)53)56-17-16-55-15-14-47-12-10-25(11-13-47)43-21-24-18-31(32(54-2)20-29(24)42)46-35(51)30-4-3-5-33(45-30)38(39,40)41/h3-5,7-8,18-23,25,42-43H,6,9-17H2,1-2H3,(H,46,51)(H,44,49,50)/b24-21-,42-29?. The van der Waals surface area contributed by atoms with Crippen molar-refractivity contribution in [3.63, 3.8) is 0 Å². The Hall–Kier alpha value is -5.88. The highest BCUT2D eigenvalue weighted by atomic mass is 19.4. The molecule has 1 aliphatic carbocycles. The van der Waals surface area contributed by atoms with Gasteiger partial charge in [0.1, 0.15) is 29.5 Å². The molecule has 3 aliphatic rings. The lowest BCUT2D eigenvalue weighted by molar-refractivity contribution is -0.141. The molecule has 0 saturated carbocycles. The molecular formula is C38H42F3N7O8. The largest absolute Gasteiger partial charge is 0.494 e. The van der Waals surface area contributed by atoms with Gasteiger partial charge in [-0.1, -0.05) is 6.07 Å². The lowest BCUT2D eigenvalue weighted by Gasteiger charge is -2.32. The first-order valence-corrected chi connectivity index (χ1v) is 17.9. The summed E-state index contributed by atoms with van der Waals surface area (Å²) < 4.78 is 56.1. The number of alkyl halides is 3. The number of carbonyl (C=O) groups is 5. The molecule has 15 nitrogen and oxygen atoms in total. The van der Waals surface area contributed by atoms with Gasteiger partial charge in [0.25, 0.3) is 17.7 Å². The van der Waals surface area contributed by atoms with E-state index in [0.717, 1.165) is 43.0 Å². The van der Waals surface area contributed by atoms with Gasteiger partial charge in [0.05, 0.1) is 42.9 Å². The number of piperidine rings is 1. The van der Waals surface area contributed by atoms with E-state index < -0.39 is 47.2 Å². The van der Waals surface area contributed by atoms with Crippen molar-refractivity contribution in [1.29, 1.82) is 5.41 Å². The Morgan fingerprint density at radius 2 is 1.80 bits per heavy atom. The van der Waals surface area contributed by atoms with Crippen LogP contribution in [0, 0.1) is 5.41 Å². The van der Waals surface area contributed by atoms with Crippen LogP contribution >= 0.6 is 0 Å². The molecule has 3 heterocycles. The zero-order valence-electron chi connectivity index (χ0n) is 30.7. The lowest BCUT2D eigenvalue weighted by atomic mass is 10.0. The number of aromatic nitrogens is 1. The molecule has 298 valence electrons. The Labute approximate surface area is 320 Å². The van der Waals surface area contributed by atoms with Crippen molar-refractivity contribution in [2.24, 2.45) is 0 Å². The van der Waals surface area contributed by atoms with Crippen molar-refractivity contribution in [3.8, 4) is 5.75 Å².